The van der Waals surface area contributed by atoms with Crippen LogP contribution in [0.4, 0.5) is 10.1 Å². The van der Waals surface area contributed by atoms with E-state index in [4.69, 9.17) is 5.11 Å². The molecule has 0 aromatic heterocycles. The molecule has 0 atom stereocenters. The molecule has 0 aliphatic heterocycles. The Morgan fingerprint density at radius 2 is 2.00 bits per heavy atom. The van der Waals surface area contributed by atoms with Gasteiger partial charge in [0.15, 0.2) is 0 Å². The summed E-state index contributed by atoms with van der Waals surface area (Å²) in [5.41, 5.74) is -0.0411. The summed E-state index contributed by atoms with van der Waals surface area (Å²) in [5.74, 6) is -1.50. The molecule has 21 heavy (non-hydrogen) atoms. The highest BCUT2D eigenvalue weighted by Crippen LogP contribution is 2.19. The SMILES string of the molecule is CC(=O)Nc1ccc(F)c(C(=O)NCC(C)(C)CCO)c1. The van der Waals surface area contributed by atoms with Crippen molar-refractivity contribution in [3.63, 3.8) is 0 Å². The second kappa shape index (κ2) is 7.17. The summed E-state index contributed by atoms with van der Waals surface area (Å²) in [4.78, 5) is 23.0. The van der Waals surface area contributed by atoms with Gasteiger partial charge in [0.2, 0.25) is 5.91 Å². The molecule has 6 heteroatoms. The molecular formula is C15H21FN2O3. The van der Waals surface area contributed by atoms with Gasteiger partial charge in [-0.25, -0.2) is 4.39 Å². The zero-order valence-electron chi connectivity index (χ0n) is 12.5. The van der Waals surface area contributed by atoms with Crippen molar-refractivity contribution in [3.8, 4) is 0 Å². The van der Waals surface area contributed by atoms with E-state index in [2.05, 4.69) is 10.6 Å². The minimum atomic E-state index is -0.651. The van der Waals surface area contributed by atoms with Crippen molar-refractivity contribution in [1.29, 1.82) is 0 Å². The van der Waals surface area contributed by atoms with Crippen LogP contribution in [0, 0.1) is 11.2 Å². The standard InChI is InChI=1S/C15H21FN2O3/c1-10(20)18-11-4-5-13(16)12(8-11)14(21)17-9-15(2,3)6-7-19/h4-5,8,19H,6-7,9H2,1-3H3,(H,17,21)(H,18,20). The van der Waals surface area contributed by atoms with Crippen LogP contribution in [0.15, 0.2) is 18.2 Å². The van der Waals surface area contributed by atoms with E-state index in [0.717, 1.165) is 6.07 Å². The van der Waals surface area contributed by atoms with Crippen molar-refractivity contribution in [2.24, 2.45) is 5.41 Å². The number of halogens is 1. The Labute approximate surface area is 123 Å². The van der Waals surface area contributed by atoms with Crippen LogP contribution in [0.5, 0.6) is 0 Å². The first kappa shape index (κ1) is 17.1. The lowest BCUT2D eigenvalue weighted by Gasteiger charge is -2.23. The quantitative estimate of drug-likeness (QED) is 0.750. The van der Waals surface area contributed by atoms with E-state index in [-0.39, 0.29) is 23.5 Å². The number of carbonyl (C=O) groups excluding carboxylic acids is 2. The molecule has 116 valence electrons. The number of hydrogen-bond acceptors (Lipinski definition) is 3. The van der Waals surface area contributed by atoms with E-state index in [1.807, 2.05) is 13.8 Å². The Morgan fingerprint density at radius 3 is 2.57 bits per heavy atom. The zero-order valence-corrected chi connectivity index (χ0v) is 12.5. The lowest BCUT2D eigenvalue weighted by atomic mass is 9.89. The van der Waals surface area contributed by atoms with Crippen LogP contribution in [0.1, 0.15) is 37.6 Å². The van der Waals surface area contributed by atoms with Gasteiger partial charge in [0, 0.05) is 25.8 Å². The number of benzene rings is 1. The number of aliphatic hydroxyl groups excluding tert-OH is 1. The zero-order chi connectivity index (χ0) is 16.0. The topological polar surface area (TPSA) is 78.4 Å². The highest BCUT2D eigenvalue weighted by molar-refractivity contribution is 5.97. The average molecular weight is 296 g/mol. The normalized spacial score (nSPS) is 11.1. The Morgan fingerprint density at radius 1 is 1.33 bits per heavy atom. The van der Waals surface area contributed by atoms with Crippen molar-refractivity contribution in [3.05, 3.63) is 29.6 Å². The third-order valence-electron chi connectivity index (χ3n) is 3.05. The second-order valence-corrected chi connectivity index (χ2v) is 5.70. The molecule has 3 N–H and O–H groups in total. The minimum absolute atomic E-state index is 0.0231. The van der Waals surface area contributed by atoms with Crippen LogP contribution in [0.2, 0.25) is 0 Å². The molecular weight excluding hydrogens is 275 g/mol. The summed E-state index contributed by atoms with van der Waals surface area (Å²) in [6.07, 6.45) is 0.529. The van der Waals surface area contributed by atoms with Crippen LogP contribution >= 0.6 is 0 Å². The molecule has 0 aliphatic carbocycles. The molecule has 1 aromatic carbocycles. The predicted molar refractivity (Wildman–Crippen MR) is 78.5 cm³/mol. The Balaban J connectivity index is 2.79. The maximum Gasteiger partial charge on any atom is 0.254 e. The largest absolute Gasteiger partial charge is 0.396 e. The lowest BCUT2D eigenvalue weighted by Crippen LogP contribution is -2.35. The summed E-state index contributed by atoms with van der Waals surface area (Å²) in [6, 6.07) is 3.83. The van der Waals surface area contributed by atoms with Gasteiger partial charge < -0.3 is 15.7 Å². The van der Waals surface area contributed by atoms with E-state index < -0.39 is 11.7 Å². The van der Waals surface area contributed by atoms with Gasteiger partial charge >= 0.3 is 0 Å². The van der Waals surface area contributed by atoms with E-state index in [1.165, 1.54) is 19.1 Å². The number of rotatable bonds is 6. The molecule has 0 bridgehead atoms. The van der Waals surface area contributed by atoms with E-state index in [0.29, 0.717) is 18.7 Å². The summed E-state index contributed by atoms with van der Waals surface area (Å²) >= 11 is 0. The number of aliphatic hydroxyl groups is 1. The van der Waals surface area contributed by atoms with Crippen LogP contribution in [-0.2, 0) is 4.79 Å². The highest BCUT2D eigenvalue weighted by atomic mass is 19.1. The second-order valence-electron chi connectivity index (χ2n) is 5.70. The van der Waals surface area contributed by atoms with Gasteiger partial charge in [-0.15, -0.1) is 0 Å². The number of carbonyl (C=O) groups is 2. The summed E-state index contributed by atoms with van der Waals surface area (Å²) in [5, 5.41) is 14.1. The van der Waals surface area contributed by atoms with Gasteiger partial charge in [-0.1, -0.05) is 13.8 Å². The minimum Gasteiger partial charge on any atom is -0.396 e. The van der Waals surface area contributed by atoms with Crippen molar-refractivity contribution in [2.45, 2.75) is 27.2 Å². The maximum absolute atomic E-state index is 13.7. The first-order valence-corrected chi connectivity index (χ1v) is 6.71. The number of amides is 2. The summed E-state index contributed by atoms with van der Waals surface area (Å²) in [6.45, 7) is 5.47. The first-order chi connectivity index (χ1) is 9.75. The Hall–Kier alpha value is -1.95. The molecule has 0 aliphatic rings. The number of anilines is 1. The monoisotopic (exact) mass is 296 g/mol. The van der Waals surface area contributed by atoms with Gasteiger partial charge in [0.1, 0.15) is 5.82 Å². The van der Waals surface area contributed by atoms with Crippen molar-refractivity contribution in [2.75, 3.05) is 18.5 Å². The fourth-order valence-electron chi connectivity index (χ4n) is 1.79. The molecule has 1 rings (SSSR count). The van der Waals surface area contributed by atoms with Crippen LogP contribution in [-0.4, -0.2) is 30.1 Å². The fraction of sp³-hybridized carbons (Fsp3) is 0.467. The van der Waals surface area contributed by atoms with E-state index in [9.17, 15) is 14.0 Å². The molecule has 0 heterocycles. The van der Waals surface area contributed by atoms with Crippen molar-refractivity contribution >= 4 is 17.5 Å². The highest BCUT2D eigenvalue weighted by Gasteiger charge is 2.20. The maximum atomic E-state index is 13.7. The smallest absolute Gasteiger partial charge is 0.254 e. The lowest BCUT2D eigenvalue weighted by molar-refractivity contribution is -0.114. The van der Waals surface area contributed by atoms with Gasteiger partial charge in [0.05, 0.1) is 5.56 Å². The fourth-order valence-corrected chi connectivity index (χ4v) is 1.79. The number of hydrogen-bond donors (Lipinski definition) is 3. The third kappa shape index (κ3) is 5.51. The molecule has 0 saturated carbocycles. The first-order valence-electron chi connectivity index (χ1n) is 6.71. The van der Waals surface area contributed by atoms with E-state index >= 15 is 0 Å². The Bertz CT molecular complexity index is 530. The van der Waals surface area contributed by atoms with Crippen molar-refractivity contribution < 1.29 is 19.1 Å². The van der Waals surface area contributed by atoms with Gasteiger partial charge in [0.25, 0.3) is 5.91 Å². The summed E-state index contributed by atoms with van der Waals surface area (Å²) < 4.78 is 13.7. The predicted octanol–water partition coefficient (Wildman–Crippen LogP) is 1.92. The molecule has 0 spiro atoms. The molecule has 5 nitrogen and oxygen atoms in total. The molecule has 0 fully saturated rings. The number of nitrogens with one attached hydrogen (secondary N) is 2. The van der Waals surface area contributed by atoms with Gasteiger partial charge in [-0.05, 0) is 30.0 Å². The third-order valence-corrected chi connectivity index (χ3v) is 3.05. The molecule has 1 aromatic rings. The Kier molecular flexibility index (Phi) is 5.84. The van der Waals surface area contributed by atoms with Crippen LogP contribution in [0.3, 0.4) is 0 Å². The van der Waals surface area contributed by atoms with Gasteiger partial charge in [-0.3, -0.25) is 9.59 Å². The summed E-state index contributed by atoms with van der Waals surface area (Å²) in [7, 11) is 0. The van der Waals surface area contributed by atoms with Crippen LogP contribution < -0.4 is 10.6 Å². The van der Waals surface area contributed by atoms with Crippen molar-refractivity contribution in [1.82, 2.24) is 5.32 Å². The van der Waals surface area contributed by atoms with Gasteiger partial charge in [-0.2, -0.15) is 0 Å². The molecule has 0 radical (unpaired) electrons. The molecule has 0 unspecified atom stereocenters. The van der Waals surface area contributed by atoms with E-state index in [1.54, 1.807) is 0 Å². The van der Waals surface area contributed by atoms with Crippen LogP contribution in [0.25, 0.3) is 0 Å². The molecule has 2 amide bonds. The molecule has 0 saturated heterocycles. The average Bonchev–Trinajstić information content (AvgIpc) is 2.38.